The molecule has 2 heterocycles. The molecule has 0 unspecified atom stereocenters. The highest BCUT2D eigenvalue weighted by Crippen LogP contribution is 2.18. The molecule has 3 nitrogen and oxygen atoms in total. The molecule has 0 bridgehead atoms. The number of aromatic amines is 1. The van der Waals surface area contributed by atoms with Crippen molar-refractivity contribution < 1.29 is 9.13 Å². The van der Waals surface area contributed by atoms with E-state index in [0.717, 1.165) is 5.69 Å². The van der Waals surface area contributed by atoms with Crippen LogP contribution in [0, 0.1) is 5.82 Å². The number of pyridine rings is 1. The van der Waals surface area contributed by atoms with Gasteiger partial charge in [-0.05, 0) is 12.1 Å². The van der Waals surface area contributed by atoms with Crippen LogP contribution >= 0.6 is 0 Å². The van der Waals surface area contributed by atoms with Crippen LogP contribution in [0.25, 0.3) is 10.9 Å². The Morgan fingerprint density at radius 3 is 3.12 bits per heavy atom. The van der Waals surface area contributed by atoms with Gasteiger partial charge >= 0.3 is 0 Å². The fourth-order valence-electron chi connectivity index (χ4n) is 2.08. The van der Waals surface area contributed by atoms with E-state index in [2.05, 4.69) is 4.98 Å². The predicted molar refractivity (Wildman–Crippen MR) is 57.9 cm³/mol. The minimum absolute atomic E-state index is 0.122. The van der Waals surface area contributed by atoms with Gasteiger partial charge in [0.1, 0.15) is 5.82 Å². The first-order chi connectivity index (χ1) is 7.77. The Balaban J connectivity index is 2.44. The van der Waals surface area contributed by atoms with Crippen molar-refractivity contribution in [2.24, 2.45) is 0 Å². The van der Waals surface area contributed by atoms with Gasteiger partial charge in [-0.1, -0.05) is 6.07 Å². The van der Waals surface area contributed by atoms with Crippen LogP contribution in [0.1, 0.15) is 11.3 Å². The summed E-state index contributed by atoms with van der Waals surface area (Å²) in [5.74, 6) is -0.385. The topological polar surface area (TPSA) is 42.1 Å². The van der Waals surface area contributed by atoms with Crippen molar-refractivity contribution >= 4 is 10.9 Å². The third kappa shape index (κ3) is 1.27. The highest BCUT2D eigenvalue weighted by molar-refractivity contribution is 5.80. The number of aromatic nitrogens is 1. The van der Waals surface area contributed by atoms with Gasteiger partial charge in [0, 0.05) is 23.1 Å². The van der Waals surface area contributed by atoms with Gasteiger partial charge in [-0.25, -0.2) is 4.39 Å². The first-order valence-corrected chi connectivity index (χ1v) is 5.17. The lowest BCUT2D eigenvalue weighted by atomic mass is 10.1. The van der Waals surface area contributed by atoms with Crippen LogP contribution in [0.3, 0.4) is 0 Å². The minimum atomic E-state index is -0.385. The Kier molecular flexibility index (Phi) is 2.04. The summed E-state index contributed by atoms with van der Waals surface area (Å²) in [6.45, 7) is 0.889. The summed E-state index contributed by atoms with van der Waals surface area (Å²) in [5, 5.41) is 0.393. The Labute approximate surface area is 90.9 Å². The van der Waals surface area contributed by atoms with E-state index in [1.807, 2.05) is 0 Å². The van der Waals surface area contributed by atoms with Crippen LogP contribution in [-0.4, -0.2) is 11.6 Å². The fraction of sp³-hybridized carbons (Fsp3) is 0.250. The van der Waals surface area contributed by atoms with Crippen LogP contribution < -0.4 is 5.43 Å². The molecule has 0 spiro atoms. The molecule has 0 atom stereocenters. The SMILES string of the molecule is O=c1c2c([nH]c3c(F)cccc13)CCOC2. The largest absolute Gasteiger partial charge is 0.376 e. The summed E-state index contributed by atoms with van der Waals surface area (Å²) in [6.07, 6.45) is 0.634. The van der Waals surface area contributed by atoms with Crippen molar-refractivity contribution in [1.29, 1.82) is 0 Å². The second-order valence-corrected chi connectivity index (χ2v) is 3.88. The highest BCUT2D eigenvalue weighted by atomic mass is 19.1. The molecule has 82 valence electrons. The molecule has 4 heteroatoms. The van der Waals surface area contributed by atoms with Gasteiger partial charge in [-0.2, -0.15) is 0 Å². The van der Waals surface area contributed by atoms with Crippen molar-refractivity contribution in [2.45, 2.75) is 13.0 Å². The third-order valence-electron chi connectivity index (χ3n) is 2.92. The molecule has 3 rings (SSSR count). The molecule has 1 N–H and O–H groups in total. The molecule has 0 fully saturated rings. The maximum Gasteiger partial charge on any atom is 0.195 e. The van der Waals surface area contributed by atoms with E-state index >= 15 is 0 Å². The second kappa shape index (κ2) is 3.42. The van der Waals surface area contributed by atoms with Gasteiger partial charge in [0.05, 0.1) is 18.7 Å². The number of rotatable bonds is 0. The Morgan fingerprint density at radius 1 is 1.38 bits per heavy atom. The van der Waals surface area contributed by atoms with E-state index in [1.54, 1.807) is 12.1 Å². The number of ether oxygens (including phenoxy) is 1. The lowest BCUT2D eigenvalue weighted by Crippen LogP contribution is -2.22. The smallest absolute Gasteiger partial charge is 0.195 e. The van der Waals surface area contributed by atoms with E-state index in [1.165, 1.54) is 6.07 Å². The number of para-hydroxylation sites is 1. The lowest BCUT2D eigenvalue weighted by Gasteiger charge is -2.16. The average molecular weight is 219 g/mol. The maximum atomic E-state index is 13.5. The summed E-state index contributed by atoms with van der Waals surface area (Å²) >= 11 is 0. The van der Waals surface area contributed by atoms with E-state index in [-0.39, 0.29) is 11.2 Å². The Morgan fingerprint density at radius 2 is 2.25 bits per heavy atom. The Bertz CT molecular complexity index is 618. The van der Waals surface area contributed by atoms with Crippen LogP contribution in [0.5, 0.6) is 0 Å². The molecule has 1 aliphatic heterocycles. The third-order valence-corrected chi connectivity index (χ3v) is 2.92. The van der Waals surface area contributed by atoms with Gasteiger partial charge < -0.3 is 9.72 Å². The molecule has 0 radical (unpaired) electrons. The molecule has 0 amide bonds. The number of benzene rings is 1. The summed E-state index contributed by atoms with van der Waals surface area (Å²) in [5.41, 5.74) is 1.61. The van der Waals surface area contributed by atoms with Crippen LogP contribution in [-0.2, 0) is 17.8 Å². The van der Waals surface area contributed by atoms with Crippen molar-refractivity contribution in [3.05, 3.63) is 45.5 Å². The Hall–Kier alpha value is -1.68. The van der Waals surface area contributed by atoms with Gasteiger partial charge in [0.2, 0.25) is 0 Å². The number of nitrogens with one attached hydrogen (secondary N) is 1. The van der Waals surface area contributed by atoms with Crippen molar-refractivity contribution in [3.8, 4) is 0 Å². The molecule has 1 aliphatic rings. The van der Waals surface area contributed by atoms with Gasteiger partial charge in [-0.3, -0.25) is 4.79 Å². The molecule has 0 aliphatic carbocycles. The maximum absolute atomic E-state index is 13.5. The molecular weight excluding hydrogens is 209 g/mol. The highest BCUT2D eigenvalue weighted by Gasteiger charge is 2.16. The first kappa shape index (κ1) is 9.54. The fourth-order valence-corrected chi connectivity index (χ4v) is 2.08. The van der Waals surface area contributed by atoms with Crippen molar-refractivity contribution in [2.75, 3.05) is 6.61 Å². The quantitative estimate of drug-likeness (QED) is 0.733. The minimum Gasteiger partial charge on any atom is -0.376 e. The summed E-state index contributed by atoms with van der Waals surface area (Å²) in [6, 6.07) is 4.53. The summed E-state index contributed by atoms with van der Waals surface area (Å²) in [7, 11) is 0. The molecule has 16 heavy (non-hydrogen) atoms. The van der Waals surface area contributed by atoms with Crippen LogP contribution in [0.4, 0.5) is 4.39 Å². The molecule has 0 saturated carbocycles. The molecule has 0 saturated heterocycles. The molecule has 2 aromatic rings. The standard InChI is InChI=1S/C12H10FNO2/c13-9-3-1-2-7-11(9)14-10-4-5-16-6-8(10)12(7)15/h1-3H,4-6H2,(H,14,15). The van der Waals surface area contributed by atoms with Gasteiger partial charge in [0.25, 0.3) is 0 Å². The van der Waals surface area contributed by atoms with Crippen LogP contribution in [0.15, 0.2) is 23.0 Å². The van der Waals surface area contributed by atoms with E-state index in [4.69, 9.17) is 4.74 Å². The van der Waals surface area contributed by atoms with Gasteiger partial charge in [-0.15, -0.1) is 0 Å². The zero-order chi connectivity index (χ0) is 11.1. The number of hydrogen-bond donors (Lipinski definition) is 1. The number of halogens is 1. The number of hydrogen-bond acceptors (Lipinski definition) is 2. The van der Waals surface area contributed by atoms with E-state index in [9.17, 15) is 9.18 Å². The van der Waals surface area contributed by atoms with Gasteiger partial charge in [0.15, 0.2) is 5.43 Å². The molecule has 1 aromatic heterocycles. The van der Waals surface area contributed by atoms with E-state index < -0.39 is 0 Å². The predicted octanol–water partition coefficient (Wildman–Crippen LogP) is 1.74. The molecule has 1 aromatic carbocycles. The zero-order valence-corrected chi connectivity index (χ0v) is 8.55. The van der Waals surface area contributed by atoms with E-state index in [0.29, 0.717) is 36.1 Å². The first-order valence-electron chi connectivity index (χ1n) is 5.17. The monoisotopic (exact) mass is 219 g/mol. The normalized spacial score (nSPS) is 15.1. The lowest BCUT2D eigenvalue weighted by molar-refractivity contribution is 0.108. The van der Waals surface area contributed by atoms with Crippen LogP contribution in [0.2, 0.25) is 0 Å². The number of H-pyrrole nitrogens is 1. The second-order valence-electron chi connectivity index (χ2n) is 3.88. The van der Waals surface area contributed by atoms with Crippen molar-refractivity contribution in [1.82, 2.24) is 4.98 Å². The van der Waals surface area contributed by atoms with Crippen molar-refractivity contribution in [3.63, 3.8) is 0 Å². The summed E-state index contributed by atoms with van der Waals surface area (Å²) < 4.78 is 18.8. The molecular formula is C12H10FNO2. The summed E-state index contributed by atoms with van der Waals surface area (Å²) in [4.78, 5) is 15.1. The zero-order valence-electron chi connectivity index (χ0n) is 8.55. The number of fused-ring (bicyclic) bond motifs is 2. The average Bonchev–Trinajstić information content (AvgIpc) is 2.31.